The van der Waals surface area contributed by atoms with Crippen molar-refractivity contribution in [1.29, 1.82) is 0 Å². The summed E-state index contributed by atoms with van der Waals surface area (Å²) in [5.41, 5.74) is -1.14. The predicted molar refractivity (Wildman–Crippen MR) is 128 cm³/mol. The maximum atomic E-state index is 12.2. The van der Waals surface area contributed by atoms with Gasteiger partial charge in [0.25, 0.3) is 0 Å². The molecule has 0 amide bonds. The van der Waals surface area contributed by atoms with E-state index >= 15 is 0 Å². The van der Waals surface area contributed by atoms with E-state index < -0.39 is 50.4 Å². The molecule has 1 aliphatic rings. The molecular formula is C12H20Br3N2O10P3Se. The molecule has 5 atom stereocenters. The van der Waals surface area contributed by atoms with Crippen LogP contribution in [0.1, 0.15) is 26.5 Å². The van der Waals surface area contributed by atoms with Gasteiger partial charge < -0.3 is 0 Å². The van der Waals surface area contributed by atoms with Crippen molar-refractivity contribution in [2.24, 2.45) is 0 Å². The van der Waals surface area contributed by atoms with Crippen LogP contribution in [0.15, 0.2) is 21.9 Å². The Balaban J connectivity index is 0.00000233. The van der Waals surface area contributed by atoms with E-state index in [0.29, 0.717) is 6.42 Å². The summed E-state index contributed by atoms with van der Waals surface area (Å²) in [7, 11) is -8.12. The van der Waals surface area contributed by atoms with Crippen molar-refractivity contribution < 1.29 is 37.5 Å². The van der Waals surface area contributed by atoms with Crippen LogP contribution in [-0.4, -0.2) is 57.8 Å². The normalized spacial score (nSPS) is 23.4. The van der Waals surface area contributed by atoms with Crippen molar-refractivity contribution in [3.63, 3.8) is 0 Å². The fourth-order valence-corrected chi connectivity index (χ4v) is 9.90. The molecule has 0 spiro atoms. The van der Waals surface area contributed by atoms with Crippen LogP contribution in [0.3, 0.4) is 0 Å². The third-order valence-electron chi connectivity index (χ3n) is 3.21. The molecule has 180 valence electrons. The molecule has 12 nitrogen and oxygen atoms in total. The number of halogens is 3. The topological polar surface area (TPSA) is 173 Å². The summed E-state index contributed by atoms with van der Waals surface area (Å²) in [6, 6.07) is 1.21. The second-order valence-corrected chi connectivity index (χ2v) is 21.6. The fourth-order valence-electron chi connectivity index (χ4n) is 2.28. The Morgan fingerprint density at radius 1 is 1.23 bits per heavy atom. The van der Waals surface area contributed by atoms with Crippen LogP contribution in [-0.2, 0) is 17.9 Å². The van der Waals surface area contributed by atoms with E-state index in [0.717, 1.165) is 0 Å². The van der Waals surface area contributed by atoms with Gasteiger partial charge in [-0.15, -0.1) is 0 Å². The summed E-state index contributed by atoms with van der Waals surface area (Å²) in [6.45, 7) is 3.87. The van der Waals surface area contributed by atoms with Crippen molar-refractivity contribution in [3.8, 4) is 0 Å². The van der Waals surface area contributed by atoms with Crippen LogP contribution in [0.4, 0.5) is 0 Å². The Bertz CT molecular complexity index is 785. The SMILES string of the molecule is CC.O=c1ccn(C2O[C@H](COP(O)OP(O)OP(O)O)C[C@@H]2[Se]C(Br)(Br)Br)c(=O)[nH]1. The molecule has 1 aromatic rings. The van der Waals surface area contributed by atoms with Gasteiger partial charge in [-0.3, -0.25) is 0 Å². The van der Waals surface area contributed by atoms with Crippen molar-refractivity contribution >= 4 is 88.6 Å². The molecule has 5 N–H and O–H groups in total. The maximum absolute atomic E-state index is 12.2. The Kier molecular flexibility index (Phi) is 14.7. The van der Waals surface area contributed by atoms with Gasteiger partial charge in [0.15, 0.2) is 0 Å². The number of hydrogen-bond acceptors (Lipinski definition) is 10. The summed E-state index contributed by atoms with van der Waals surface area (Å²) in [6.07, 6.45) is 0.598. The average Bonchev–Trinajstić information content (AvgIpc) is 3.01. The van der Waals surface area contributed by atoms with Crippen molar-refractivity contribution in [2.45, 2.75) is 38.5 Å². The van der Waals surface area contributed by atoms with Gasteiger partial charge in [0.1, 0.15) is 0 Å². The van der Waals surface area contributed by atoms with E-state index in [4.69, 9.17) is 19.0 Å². The van der Waals surface area contributed by atoms with E-state index in [-0.39, 0.29) is 26.4 Å². The van der Waals surface area contributed by atoms with Gasteiger partial charge in [0, 0.05) is 0 Å². The van der Waals surface area contributed by atoms with Gasteiger partial charge in [-0.05, 0) is 0 Å². The van der Waals surface area contributed by atoms with E-state index in [2.05, 4.69) is 61.4 Å². The first-order valence-electron chi connectivity index (χ1n) is 8.31. The molecular weight excluding hydrogens is 744 g/mol. The Morgan fingerprint density at radius 2 is 1.87 bits per heavy atom. The molecule has 1 aromatic heterocycles. The van der Waals surface area contributed by atoms with Crippen molar-refractivity contribution in [3.05, 3.63) is 33.1 Å². The van der Waals surface area contributed by atoms with E-state index in [9.17, 15) is 19.4 Å². The second-order valence-electron chi connectivity index (χ2n) is 5.19. The van der Waals surface area contributed by atoms with Crippen LogP contribution < -0.4 is 11.2 Å². The number of nitrogens with one attached hydrogen (secondary N) is 1. The molecule has 2 heterocycles. The van der Waals surface area contributed by atoms with Gasteiger partial charge in [-0.1, -0.05) is 13.8 Å². The van der Waals surface area contributed by atoms with Gasteiger partial charge >= 0.3 is 200 Å². The zero-order valence-electron chi connectivity index (χ0n) is 15.9. The molecule has 0 bridgehead atoms. The van der Waals surface area contributed by atoms with Gasteiger partial charge in [-0.25, -0.2) is 0 Å². The molecule has 19 heteroatoms. The Morgan fingerprint density at radius 3 is 2.42 bits per heavy atom. The standard InChI is InChI=1S/C10H14Br3N2O10P3Se.C2H6/c11-10(12,13)29-6-3-5(4-22-27(20)25-28(21)24-26(18)19)23-8(6)15-2-1-7(16)14-9(15)17;1-2/h1-2,5-6,8,18-21H,3-4H2,(H,14,16,17);1-2H3/t5-,6-,8?,27?,28?;/m0./s1. The third kappa shape index (κ3) is 11.7. The van der Waals surface area contributed by atoms with Crippen LogP contribution in [0, 0.1) is 0 Å². The number of aromatic amines is 1. The molecule has 0 radical (unpaired) electrons. The summed E-state index contributed by atoms with van der Waals surface area (Å²) < 4.78 is 20.5. The molecule has 0 aromatic carbocycles. The quantitative estimate of drug-likeness (QED) is 0.143. The number of ether oxygens (including phenoxy) is 1. The first-order chi connectivity index (χ1) is 14.4. The summed E-state index contributed by atoms with van der Waals surface area (Å²) in [5, 5.41) is 0. The summed E-state index contributed by atoms with van der Waals surface area (Å²) in [5.74, 6) is 0. The molecule has 1 fully saturated rings. The average molecular weight is 764 g/mol. The van der Waals surface area contributed by atoms with E-state index in [1.807, 2.05) is 13.8 Å². The van der Waals surface area contributed by atoms with Gasteiger partial charge in [0.2, 0.25) is 0 Å². The zero-order chi connectivity index (χ0) is 23.8. The zero-order valence-corrected chi connectivity index (χ0v) is 25.0. The van der Waals surface area contributed by atoms with Crippen LogP contribution in [0.2, 0.25) is 4.82 Å². The number of rotatable bonds is 9. The minimum absolute atomic E-state index is 0.126. The molecule has 3 unspecified atom stereocenters. The number of nitrogens with zero attached hydrogens (tertiary/aromatic N) is 1. The minimum atomic E-state index is -2.84. The molecule has 31 heavy (non-hydrogen) atoms. The number of aromatic nitrogens is 2. The monoisotopic (exact) mass is 762 g/mol. The molecule has 1 aliphatic heterocycles. The van der Waals surface area contributed by atoms with Crippen molar-refractivity contribution in [2.75, 3.05) is 6.61 Å². The van der Waals surface area contributed by atoms with Gasteiger partial charge in [-0.2, -0.15) is 0 Å². The van der Waals surface area contributed by atoms with E-state index in [1.165, 1.54) is 16.8 Å². The first kappa shape index (κ1) is 30.6. The first-order valence-corrected chi connectivity index (χ1v) is 16.0. The molecule has 2 rings (SSSR count). The van der Waals surface area contributed by atoms with Crippen LogP contribution >= 0.6 is 73.6 Å². The van der Waals surface area contributed by atoms with Crippen molar-refractivity contribution in [1.82, 2.24) is 9.55 Å². The molecule has 0 aliphatic carbocycles. The number of alkyl halides is 3. The Labute approximate surface area is 212 Å². The molecule has 0 saturated carbocycles. The Hall–Kier alpha value is 1.61. The summed E-state index contributed by atoms with van der Waals surface area (Å²) >= 11 is 10.2. The van der Waals surface area contributed by atoms with Crippen LogP contribution in [0.25, 0.3) is 0 Å². The third-order valence-corrected chi connectivity index (χ3v) is 10.8. The second kappa shape index (κ2) is 14.9. The number of H-pyrrole nitrogens is 1. The summed E-state index contributed by atoms with van der Waals surface area (Å²) in [4.78, 5) is 61.7. The van der Waals surface area contributed by atoms with Gasteiger partial charge in [0.05, 0.1) is 0 Å². The fraction of sp³-hybridized carbons (Fsp3) is 0.667. The predicted octanol–water partition coefficient (Wildman–Crippen LogP) is 2.84. The number of hydrogen-bond donors (Lipinski definition) is 5. The van der Waals surface area contributed by atoms with Crippen LogP contribution in [0.5, 0.6) is 0 Å². The molecule has 1 saturated heterocycles. The van der Waals surface area contributed by atoms with E-state index in [1.54, 1.807) is 0 Å².